The van der Waals surface area contributed by atoms with Crippen LogP contribution in [0.25, 0.3) is 123 Å². The van der Waals surface area contributed by atoms with Crippen molar-refractivity contribution >= 4 is 43.6 Å². The average Bonchev–Trinajstić information content (AvgIpc) is 3.95. The number of nitrogens with zero attached hydrogens (tertiary/aromatic N) is 5. The van der Waals surface area contributed by atoms with Crippen LogP contribution in [0.1, 0.15) is 0 Å². The van der Waals surface area contributed by atoms with Gasteiger partial charge < -0.3 is 4.57 Å². The van der Waals surface area contributed by atoms with Gasteiger partial charge >= 0.3 is 0 Å². The van der Waals surface area contributed by atoms with Crippen molar-refractivity contribution in [2.45, 2.75) is 0 Å². The van der Waals surface area contributed by atoms with Gasteiger partial charge in [0.25, 0.3) is 0 Å². The fourth-order valence-electron chi connectivity index (χ4n) is 9.87. The Bertz CT molecular complexity index is 3850. The molecule has 0 aliphatic rings. The first-order valence-corrected chi connectivity index (χ1v) is 23.0. The standard InChI is InChI=1S/C63H41N5/c1-4-14-42(15-5-1)45-24-26-48(27-25-45)49-36-38-52(39-37-49)67-57-22-12-10-20-53(57)55-40-41-56-54-21-11-13-23-58(54)68(60(56)59(55)67)63-65-61(50-32-28-46(29-33-50)43-16-6-2-7-17-43)64-62(66-63)51-34-30-47(31-35-51)44-18-8-3-9-19-44/h1-41H. The lowest BCUT2D eigenvalue weighted by Gasteiger charge is -2.14. The lowest BCUT2D eigenvalue weighted by atomic mass is 10.0. The van der Waals surface area contributed by atoms with Gasteiger partial charge in [0.1, 0.15) is 0 Å². The largest absolute Gasteiger partial charge is 0.307 e. The second kappa shape index (κ2) is 16.4. The molecule has 0 unspecified atom stereocenters. The molecular weight excluding hydrogens is 827 g/mol. The topological polar surface area (TPSA) is 48.5 Å². The van der Waals surface area contributed by atoms with Crippen molar-refractivity contribution in [3.8, 4) is 78.9 Å². The van der Waals surface area contributed by atoms with E-state index in [1.807, 2.05) is 12.1 Å². The molecule has 0 radical (unpaired) electrons. The fourth-order valence-corrected chi connectivity index (χ4v) is 9.87. The Labute approximate surface area is 393 Å². The highest BCUT2D eigenvalue weighted by molar-refractivity contribution is 6.23. The van der Waals surface area contributed by atoms with Crippen LogP contribution in [0.2, 0.25) is 0 Å². The number of aromatic nitrogens is 5. The minimum atomic E-state index is 0.550. The van der Waals surface area contributed by atoms with E-state index in [9.17, 15) is 0 Å². The Hall–Kier alpha value is -9.19. The molecule has 0 N–H and O–H groups in total. The number of rotatable bonds is 8. The van der Waals surface area contributed by atoms with Gasteiger partial charge in [-0.25, -0.2) is 4.98 Å². The first-order chi connectivity index (χ1) is 33.7. The summed E-state index contributed by atoms with van der Waals surface area (Å²) in [6.45, 7) is 0. The lowest BCUT2D eigenvalue weighted by molar-refractivity contribution is 0.953. The van der Waals surface area contributed by atoms with Gasteiger partial charge in [0, 0.05) is 38.4 Å². The van der Waals surface area contributed by atoms with Crippen molar-refractivity contribution < 1.29 is 0 Å². The molecule has 0 amide bonds. The predicted octanol–water partition coefficient (Wildman–Crippen LogP) is 16.1. The molecule has 0 saturated carbocycles. The van der Waals surface area contributed by atoms with Crippen LogP contribution in [-0.4, -0.2) is 24.1 Å². The number of hydrogen-bond acceptors (Lipinski definition) is 3. The van der Waals surface area contributed by atoms with Gasteiger partial charge in [-0.1, -0.05) is 224 Å². The van der Waals surface area contributed by atoms with E-state index < -0.39 is 0 Å². The maximum atomic E-state index is 5.40. The monoisotopic (exact) mass is 867 g/mol. The number of hydrogen-bond donors (Lipinski definition) is 0. The third-order valence-electron chi connectivity index (χ3n) is 13.2. The molecule has 0 aliphatic heterocycles. The van der Waals surface area contributed by atoms with E-state index in [0.717, 1.165) is 82.9 Å². The Balaban J connectivity index is 1.02. The molecule has 0 saturated heterocycles. The molecule has 3 aromatic heterocycles. The zero-order valence-electron chi connectivity index (χ0n) is 36.9. The lowest BCUT2D eigenvalue weighted by Crippen LogP contribution is -2.07. The highest BCUT2D eigenvalue weighted by Crippen LogP contribution is 2.42. The van der Waals surface area contributed by atoms with E-state index in [2.05, 4.69) is 246 Å². The second-order valence-corrected chi connectivity index (χ2v) is 17.2. The molecule has 3 heterocycles. The molecular formula is C63H41N5. The van der Waals surface area contributed by atoms with Crippen LogP contribution in [0.3, 0.4) is 0 Å². The molecule has 0 aliphatic carbocycles. The van der Waals surface area contributed by atoms with E-state index in [0.29, 0.717) is 17.6 Å². The smallest absolute Gasteiger partial charge is 0.238 e. The van der Waals surface area contributed by atoms with Crippen LogP contribution in [0.5, 0.6) is 0 Å². The zero-order chi connectivity index (χ0) is 45.0. The molecule has 5 nitrogen and oxygen atoms in total. The summed E-state index contributed by atoms with van der Waals surface area (Å²) in [5.74, 6) is 1.75. The highest BCUT2D eigenvalue weighted by atomic mass is 15.2. The SMILES string of the molecule is c1ccc(-c2ccc(-c3ccc(-n4c5ccccc5c5ccc6c7ccccc7n(-c7nc(-c8ccc(-c9ccccc9)cc8)nc(-c8ccc(-c9ccccc9)cc8)n7)c6c54)cc3)cc2)cc1. The molecule has 13 aromatic rings. The summed E-state index contributed by atoms with van der Waals surface area (Å²) in [5, 5.41) is 4.57. The summed E-state index contributed by atoms with van der Waals surface area (Å²) >= 11 is 0. The summed E-state index contributed by atoms with van der Waals surface area (Å²) in [6.07, 6.45) is 0. The average molecular weight is 868 g/mol. The Morgan fingerprint density at radius 2 is 0.529 bits per heavy atom. The van der Waals surface area contributed by atoms with Gasteiger partial charge in [0.15, 0.2) is 11.6 Å². The third kappa shape index (κ3) is 6.76. The molecule has 13 rings (SSSR count). The Morgan fingerprint density at radius 1 is 0.221 bits per heavy atom. The normalized spacial score (nSPS) is 11.5. The van der Waals surface area contributed by atoms with Crippen molar-refractivity contribution in [3.05, 3.63) is 249 Å². The summed E-state index contributed by atoms with van der Waals surface area (Å²) in [4.78, 5) is 16.0. The van der Waals surface area contributed by atoms with Gasteiger partial charge in [0.05, 0.1) is 22.1 Å². The van der Waals surface area contributed by atoms with Crippen LogP contribution < -0.4 is 0 Å². The fraction of sp³-hybridized carbons (Fsp3) is 0. The van der Waals surface area contributed by atoms with Gasteiger partial charge in [-0.05, 0) is 68.8 Å². The van der Waals surface area contributed by atoms with Crippen molar-refractivity contribution in [2.75, 3.05) is 0 Å². The van der Waals surface area contributed by atoms with E-state index in [1.165, 1.54) is 22.1 Å². The van der Waals surface area contributed by atoms with Gasteiger partial charge in [0.2, 0.25) is 5.95 Å². The van der Waals surface area contributed by atoms with Gasteiger partial charge in [-0.15, -0.1) is 0 Å². The summed E-state index contributed by atoms with van der Waals surface area (Å²) in [5.41, 5.74) is 16.5. The molecule has 5 heteroatoms. The highest BCUT2D eigenvalue weighted by Gasteiger charge is 2.23. The number of benzene rings is 10. The van der Waals surface area contributed by atoms with Crippen LogP contribution in [0, 0.1) is 0 Å². The van der Waals surface area contributed by atoms with Crippen molar-refractivity contribution in [3.63, 3.8) is 0 Å². The zero-order valence-corrected chi connectivity index (χ0v) is 36.9. The van der Waals surface area contributed by atoms with Crippen LogP contribution in [0.15, 0.2) is 249 Å². The minimum Gasteiger partial charge on any atom is -0.307 e. The maximum Gasteiger partial charge on any atom is 0.238 e. The summed E-state index contributed by atoms with van der Waals surface area (Å²) in [6, 6.07) is 88.2. The first-order valence-electron chi connectivity index (χ1n) is 23.0. The molecule has 0 atom stereocenters. The molecule has 10 aromatic carbocycles. The quantitative estimate of drug-likeness (QED) is 0.153. The Morgan fingerprint density at radius 3 is 0.941 bits per heavy atom. The molecule has 68 heavy (non-hydrogen) atoms. The first kappa shape index (κ1) is 39.2. The van der Waals surface area contributed by atoms with Crippen molar-refractivity contribution in [1.29, 1.82) is 0 Å². The van der Waals surface area contributed by atoms with Gasteiger partial charge in [-0.3, -0.25) is 4.57 Å². The van der Waals surface area contributed by atoms with Gasteiger partial charge in [-0.2, -0.15) is 9.97 Å². The van der Waals surface area contributed by atoms with E-state index in [4.69, 9.17) is 15.0 Å². The van der Waals surface area contributed by atoms with Crippen LogP contribution in [0.4, 0.5) is 0 Å². The second-order valence-electron chi connectivity index (χ2n) is 17.2. The summed E-state index contributed by atoms with van der Waals surface area (Å²) in [7, 11) is 0. The molecule has 0 spiro atoms. The molecule has 318 valence electrons. The maximum absolute atomic E-state index is 5.40. The van der Waals surface area contributed by atoms with E-state index in [1.54, 1.807) is 0 Å². The third-order valence-corrected chi connectivity index (χ3v) is 13.2. The van der Waals surface area contributed by atoms with Crippen molar-refractivity contribution in [1.82, 2.24) is 24.1 Å². The molecule has 0 fully saturated rings. The van der Waals surface area contributed by atoms with E-state index in [-0.39, 0.29) is 0 Å². The predicted molar refractivity (Wildman–Crippen MR) is 281 cm³/mol. The van der Waals surface area contributed by atoms with Crippen LogP contribution >= 0.6 is 0 Å². The molecule has 0 bridgehead atoms. The van der Waals surface area contributed by atoms with E-state index >= 15 is 0 Å². The minimum absolute atomic E-state index is 0.550. The van der Waals surface area contributed by atoms with Crippen molar-refractivity contribution in [2.24, 2.45) is 0 Å². The summed E-state index contributed by atoms with van der Waals surface area (Å²) < 4.78 is 4.68. The van der Waals surface area contributed by atoms with Crippen LogP contribution in [-0.2, 0) is 0 Å². The number of fused-ring (bicyclic) bond motifs is 7. The Kier molecular flexibility index (Phi) is 9.43. The number of para-hydroxylation sites is 2.